The molecule has 0 aliphatic heterocycles. The first kappa shape index (κ1) is 10.1. The van der Waals surface area contributed by atoms with Crippen LogP contribution in [-0.4, -0.2) is 15.1 Å². The zero-order valence-electron chi connectivity index (χ0n) is 8.59. The van der Waals surface area contributed by atoms with E-state index >= 15 is 0 Å². The summed E-state index contributed by atoms with van der Waals surface area (Å²) in [5, 5.41) is 10.2. The molecule has 0 aliphatic rings. The Morgan fingerprint density at radius 3 is 2.94 bits per heavy atom. The maximum absolute atomic E-state index is 9.73. The lowest BCUT2D eigenvalue weighted by atomic mass is 10.2. The number of rotatable bonds is 1. The number of phenols is 1. The summed E-state index contributed by atoms with van der Waals surface area (Å²) in [4.78, 5) is 8.25. The largest absolute Gasteiger partial charge is 0.507 e. The van der Waals surface area contributed by atoms with Crippen LogP contribution in [0.1, 0.15) is 0 Å². The molecule has 0 aliphatic carbocycles. The van der Waals surface area contributed by atoms with Gasteiger partial charge in [-0.2, -0.15) is 4.98 Å². The average molecular weight is 247 g/mol. The molecule has 0 unspecified atom stereocenters. The summed E-state index contributed by atoms with van der Waals surface area (Å²) in [6, 6.07) is 8.22. The van der Waals surface area contributed by atoms with Crippen LogP contribution in [0.3, 0.4) is 0 Å². The van der Waals surface area contributed by atoms with Crippen LogP contribution in [0.4, 0.5) is 0 Å². The lowest BCUT2D eigenvalue weighted by Gasteiger charge is -1.99. The Morgan fingerprint density at radius 2 is 2.12 bits per heavy atom. The van der Waals surface area contributed by atoms with Crippen LogP contribution in [-0.2, 0) is 0 Å². The third-order valence-electron chi connectivity index (χ3n) is 2.35. The van der Waals surface area contributed by atoms with Gasteiger partial charge in [0.1, 0.15) is 5.75 Å². The Bertz CT molecular complexity index is 661. The molecule has 0 atom stereocenters. The number of nitrogens with zero attached hydrogens (tertiary/aromatic N) is 2. The summed E-state index contributed by atoms with van der Waals surface area (Å²) in [6.07, 6.45) is 1.63. The molecular weight excluding hydrogens is 240 g/mol. The molecule has 84 valence electrons. The maximum Gasteiger partial charge on any atom is 0.232 e. The van der Waals surface area contributed by atoms with E-state index in [0.29, 0.717) is 27.7 Å². The minimum atomic E-state index is 0.0703. The van der Waals surface area contributed by atoms with E-state index < -0.39 is 0 Å². The van der Waals surface area contributed by atoms with Crippen LogP contribution in [0.15, 0.2) is 40.9 Å². The molecule has 0 bridgehead atoms. The molecule has 5 heteroatoms. The van der Waals surface area contributed by atoms with Crippen molar-refractivity contribution in [3.63, 3.8) is 0 Å². The molecule has 2 aromatic heterocycles. The zero-order chi connectivity index (χ0) is 11.8. The van der Waals surface area contributed by atoms with Crippen molar-refractivity contribution in [2.75, 3.05) is 0 Å². The van der Waals surface area contributed by atoms with Crippen LogP contribution in [0.2, 0.25) is 5.02 Å². The highest BCUT2D eigenvalue weighted by Crippen LogP contribution is 2.32. The topological polar surface area (TPSA) is 59.2 Å². The van der Waals surface area contributed by atoms with Gasteiger partial charge in [0.25, 0.3) is 0 Å². The Labute approximate surface area is 102 Å². The second-order valence-corrected chi connectivity index (χ2v) is 3.94. The minimum absolute atomic E-state index is 0.0703. The van der Waals surface area contributed by atoms with Crippen LogP contribution >= 0.6 is 11.6 Å². The van der Waals surface area contributed by atoms with Gasteiger partial charge in [-0.05, 0) is 30.3 Å². The molecule has 2 heterocycles. The molecule has 3 rings (SSSR count). The summed E-state index contributed by atoms with van der Waals surface area (Å²) in [6.45, 7) is 0. The Balaban J connectivity index is 2.23. The highest BCUT2D eigenvalue weighted by molar-refractivity contribution is 6.30. The third-order valence-corrected chi connectivity index (χ3v) is 2.59. The molecule has 0 saturated carbocycles. The number of oxazole rings is 1. The van der Waals surface area contributed by atoms with Gasteiger partial charge in [0.2, 0.25) is 5.89 Å². The lowest BCUT2D eigenvalue weighted by Crippen LogP contribution is -1.79. The first-order valence-electron chi connectivity index (χ1n) is 4.94. The van der Waals surface area contributed by atoms with Crippen LogP contribution in [0.5, 0.6) is 5.75 Å². The fraction of sp³-hybridized carbons (Fsp3) is 0. The van der Waals surface area contributed by atoms with Gasteiger partial charge < -0.3 is 9.52 Å². The molecule has 0 saturated heterocycles. The first-order valence-corrected chi connectivity index (χ1v) is 5.32. The van der Waals surface area contributed by atoms with E-state index in [1.54, 1.807) is 30.5 Å². The van der Waals surface area contributed by atoms with Gasteiger partial charge in [0, 0.05) is 11.2 Å². The summed E-state index contributed by atoms with van der Waals surface area (Å²) in [5.74, 6) is 0.375. The van der Waals surface area contributed by atoms with Crippen molar-refractivity contribution in [1.29, 1.82) is 0 Å². The van der Waals surface area contributed by atoms with Gasteiger partial charge in [-0.15, -0.1) is 0 Å². The fourth-order valence-electron chi connectivity index (χ4n) is 1.56. The summed E-state index contributed by atoms with van der Waals surface area (Å²) in [7, 11) is 0. The van der Waals surface area contributed by atoms with Crippen molar-refractivity contribution in [2.45, 2.75) is 0 Å². The highest BCUT2D eigenvalue weighted by Gasteiger charge is 2.12. The molecule has 0 radical (unpaired) electrons. The quantitative estimate of drug-likeness (QED) is 0.716. The second-order valence-electron chi connectivity index (χ2n) is 3.51. The molecule has 1 N–H and O–H groups in total. The number of aromatic nitrogens is 2. The van der Waals surface area contributed by atoms with Gasteiger partial charge in [-0.25, -0.2) is 4.98 Å². The molecule has 17 heavy (non-hydrogen) atoms. The summed E-state index contributed by atoms with van der Waals surface area (Å²) < 4.78 is 5.50. The summed E-state index contributed by atoms with van der Waals surface area (Å²) >= 11 is 5.87. The fourth-order valence-corrected chi connectivity index (χ4v) is 1.74. The van der Waals surface area contributed by atoms with Crippen molar-refractivity contribution < 1.29 is 9.52 Å². The Kier molecular flexibility index (Phi) is 2.23. The van der Waals surface area contributed by atoms with Crippen LogP contribution in [0, 0.1) is 0 Å². The van der Waals surface area contributed by atoms with E-state index in [9.17, 15) is 5.11 Å². The monoisotopic (exact) mass is 246 g/mol. The van der Waals surface area contributed by atoms with Crippen molar-refractivity contribution >= 4 is 22.8 Å². The Morgan fingerprint density at radius 1 is 1.24 bits per heavy atom. The molecule has 0 amide bonds. The van der Waals surface area contributed by atoms with Crippen molar-refractivity contribution in [2.24, 2.45) is 0 Å². The number of fused-ring (bicyclic) bond motifs is 1. The minimum Gasteiger partial charge on any atom is -0.507 e. The van der Waals surface area contributed by atoms with Gasteiger partial charge in [-0.3, -0.25) is 0 Å². The SMILES string of the molecule is Oc1ccc(Cl)cc1-c1nc2ncccc2o1. The number of aromatic hydroxyl groups is 1. The van der Waals surface area contributed by atoms with Crippen molar-refractivity contribution in [3.8, 4) is 17.2 Å². The number of phenolic OH excluding ortho intramolecular Hbond substituents is 1. The van der Waals surface area contributed by atoms with E-state index in [4.69, 9.17) is 16.0 Å². The molecule has 4 nitrogen and oxygen atoms in total. The average Bonchev–Trinajstić information content (AvgIpc) is 2.75. The number of benzene rings is 1. The third kappa shape index (κ3) is 1.72. The van der Waals surface area contributed by atoms with E-state index in [1.807, 2.05) is 0 Å². The predicted octanol–water partition coefficient (Wildman–Crippen LogP) is 3.25. The van der Waals surface area contributed by atoms with E-state index in [2.05, 4.69) is 9.97 Å². The highest BCUT2D eigenvalue weighted by atomic mass is 35.5. The van der Waals surface area contributed by atoms with Crippen LogP contribution < -0.4 is 0 Å². The molecule has 0 fully saturated rings. The number of pyridine rings is 1. The number of hydrogen-bond donors (Lipinski definition) is 1. The van der Waals surface area contributed by atoms with Crippen molar-refractivity contribution in [1.82, 2.24) is 9.97 Å². The number of hydrogen-bond acceptors (Lipinski definition) is 4. The van der Waals surface area contributed by atoms with E-state index in [1.165, 1.54) is 6.07 Å². The maximum atomic E-state index is 9.73. The predicted molar refractivity (Wildman–Crippen MR) is 63.9 cm³/mol. The summed E-state index contributed by atoms with van der Waals surface area (Å²) in [5.41, 5.74) is 1.53. The van der Waals surface area contributed by atoms with Crippen LogP contribution in [0.25, 0.3) is 22.7 Å². The normalized spacial score (nSPS) is 10.9. The Hall–Kier alpha value is -2.07. The standard InChI is InChI=1S/C12H7ClN2O2/c13-7-3-4-9(16)8(6-7)12-15-11-10(17-12)2-1-5-14-11/h1-6,16H. The zero-order valence-corrected chi connectivity index (χ0v) is 9.35. The number of halogens is 1. The van der Waals surface area contributed by atoms with Gasteiger partial charge in [-0.1, -0.05) is 11.6 Å². The molecule has 3 aromatic rings. The molecular formula is C12H7ClN2O2. The molecule has 1 aromatic carbocycles. The first-order chi connectivity index (χ1) is 8.24. The van der Waals surface area contributed by atoms with Gasteiger partial charge in [0.05, 0.1) is 5.56 Å². The van der Waals surface area contributed by atoms with Crippen molar-refractivity contribution in [3.05, 3.63) is 41.6 Å². The van der Waals surface area contributed by atoms with E-state index in [0.717, 1.165) is 0 Å². The van der Waals surface area contributed by atoms with Gasteiger partial charge in [0.15, 0.2) is 11.2 Å². The van der Waals surface area contributed by atoms with E-state index in [-0.39, 0.29) is 5.75 Å². The smallest absolute Gasteiger partial charge is 0.232 e. The lowest BCUT2D eigenvalue weighted by molar-refractivity contribution is 0.474. The molecule has 0 spiro atoms. The van der Waals surface area contributed by atoms with Gasteiger partial charge >= 0.3 is 0 Å². The second kappa shape index (κ2) is 3.75.